The summed E-state index contributed by atoms with van der Waals surface area (Å²) < 4.78 is 5.10. The highest BCUT2D eigenvalue weighted by molar-refractivity contribution is 5.95. The third kappa shape index (κ3) is 7.29. The first kappa shape index (κ1) is 21.7. The van der Waals surface area contributed by atoms with E-state index in [0.717, 1.165) is 18.5 Å². The lowest BCUT2D eigenvalue weighted by Crippen LogP contribution is -2.49. The second-order valence-corrected chi connectivity index (χ2v) is 5.73. The minimum absolute atomic E-state index is 0. The molecule has 0 saturated heterocycles. The molecule has 3 N–H and O–H groups in total. The fraction of sp³-hybridized carbons (Fsp3) is 0.368. The van der Waals surface area contributed by atoms with Crippen LogP contribution in [0.25, 0.3) is 0 Å². The van der Waals surface area contributed by atoms with Crippen molar-refractivity contribution in [1.29, 1.82) is 0 Å². The average molecular weight is 380 g/mol. The zero-order valence-corrected chi connectivity index (χ0v) is 15.7. The van der Waals surface area contributed by atoms with Crippen molar-refractivity contribution in [3.05, 3.63) is 60.1 Å². The van der Waals surface area contributed by atoms with Crippen molar-refractivity contribution in [2.24, 2.45) is 0 Å². The summed E-state index contributed by atoms with van der Waals surface area (Å²) in [4.78, 5) is 24.7. The Morgan fingerprint density at radius 1 is 1.04 bits per heavy atom. The number of benzene rings is 1. The summed E-state index contributed by atoms with van der Waals surface area (Å²) in [5, 5.41) is 8.85. The van der Waals surface area contributed by atoms with Crippen molar-refractivity contribution in [2.75, 3.05) is 19.6 Å². The molecule has 142 valence electrons. The molecule has 1 aromatic carbocycles. The van der Waals surface area contributed by atoms with E-state index in [9.17, 15) is 9.59 Å². The molecule has 1 aromatic heterocycles. The van der Waals surface area contributed by atoms with E-state index in [4.69, 9.17) is 4.42 Å². The lowest BCUT2D eigenvalue weighted by molar-refractivity contribution is -0.122. The fourth-order valence-corrected chi connectivity index (χ4v) is 2.40. The number of hydrogen-bond acceptors (Lipinski definition) is 4. The van der Waals surface area contributed by atoms with Crippen molar-refractivity contribution in [3.63, 3.8) is 0 Å². The van der Waals surface area contributed by atoms with Crippen LogP contribution in [0.2, 0.25) is 0 Å². The van der Waals surface area contributed by atoms with Crippen LogP contribution in [-0.2, 0) is 11.2 Å². The third-order valence-electron chi connectivity index (χ3n) is 3.68. The van der Waals surface area contributed by atoms with E-state index >= 15 is 0 Å². The quantitative estimate of drug-likeness (QED) is 0.552. The number of nitrogens with one attached hydrogen (secondary N) is 3. The van der Waals surface area contributed by atoms with Crippen molar-refractivity contribution in [1.82, 2.24) is 16.0 Å². The topological polar surface area (TPSA) is 83.4 Å². The minimum atomic E-state index is -0.661. The zero-order chi connectivity index (χ0) is 17.9. The molecule has 0 radical (unpaired) electrons. The van der Waals surface area contributed by atoms with E-state index in [2.05, 4.69) is 22.9 Å². The van der Waals surface area contributed by atoms with Gasteiger partial charge in [0.05, 0.1) is 6.26 Å². The molecule has 1 atom stereocenters. The molecule has 0 fully saturated rings. The number of hydrogen-bond donors (Lipinski definition) is 3. The first-order chi connectivity index (χ1) is 12.2. The molecule has 0 aliphatic heterocycles. The number of carbonyl (C=O) groups excluding carboxylic acids is 2. The Morgan fingerprint density at radius 2 is 1.81 bits per heavy atom. The van der Waals surface area contributed by atoms with E-state index in [1.54, 1.807) is 12.1 Å². The smallest absolute Gasteiger partial charge is 0.287 e. The summed E-state index contributed by atoms with van der Waals surface area (Å²) in [6, 6.07) is 12.2. The second-order valence-electron chi connectivity index (χ2n) is 5.73. The van der Waals surface area contributed by atoms with Crippen molar-refractivity contribution >= 4 is 24.2 Å². The zero-order valence-electron chi connectivity index (χ0n) is 14.9. The molecule has 6 nitrogen and oxygen atoms in total. The van der Waals surface area contributed by atoms with E-state index in [0.29, 0.717) is 19.5 Å². The molecule has 0 aliphatic rings. The van der Waals surface area contributed by atoms with Gasteiger partial charge in [-0.1, -0.05) is 37.3 Å². The maximum absolute atomic E-state index is 12.5. The summed E-state index contributed by atoms with van der Waals surface area (Å²) in [6.07, 6.45) is 2.89. The molecule has 1 unspecified atom stereocenters. The molecule has 26 heavy (non-hydrogen) atoms. The summed E-state index contributed by atoms with van der Waals surface area (Å²) in [7, 11) is 0. The Kier molecular flexibility index (Phi) is 10.1. The molecule has 0 bridgehead atoms. The lowest BCUT2D eigenvalue weighted by Gasteiger charge is -2.18. The third-order valence-corrected chi connectivity index (χ3v) is 3.68. The van der Waals surface area contributed by atoms with Crippen LogP contribution in [0.3, 0.4) is 0 Å². The normalized spacial score (nSPS) is 11.3. The van der Waals surface area contributed by atoms with Gasteiger partial charge >= 0.3 is 0 Å². The number of furan rings is 1. The Bertz CT molecular complexity index is 647. The van der Waals surface area contributed by atoms with Crippen LogP contribution < -0.4 is 16.0 Å². The van der Waals surface area contributed by atoms with Gasteiger partial charge in [-0.05, 0) is 30.7 Å². The molecule has 2 rings (SSSR count). The summed E-state index contributed by atoms with van der Waals surface area (Å²) in [5.41, 5.74) is 0.978. The molecule has 2 aromatic rings. The molecular weight excluding hydrogens is 354 g/mol. The Morgan fingerprint density at radius 3 is 2.46 bits per heavy atom. The maximum Gasteiger partial charge on any atom is 0.287 e. The number of halogens is 1. The minimum Gasteiger partial charge on any atom is -0.459 e. The fourth-order valence-electron chi connectivity index (χ4n) is 2.40. The maximum atomic E-state index is 12.5. The van der Waals surface area contributed by atoms with Gasteiger partial charge in [0.25, 0.3) is 5.91 Å². The van der Waals surface area contributed by atoms with Gasteiger partial charge in [0.1, 0.15) is 6.04 Å². The average Bonchev–Trinajstić information content (AvgIpc) is 3.16. The van der Waals surface area contributed by atoms with E-state index in [-0.39, 0.29) is 24.1 Å². The Balaban J connectivity index is 0.00000338. The van der Waals surface area contributed by atoms with Crippen LogP contribution in [0.5, 0.6) is 0 Å². The van der Waals surface area contributed by atoms with Gasteiger partial charge in [0.2, 0.25) is 5.91 Å². The van der Waals surface area contributed by atoms with Crippen molar-refractivity contribution in [3.8, 4) is 0 Å². The first-order valence-electron chi connectivity index (χ1n) is 8.57. The molecule has 0 spiro atoms. The standard InChI is InChI=1S/C19H25N3O3.ClH/c1-2-10-20-11-12-21-18(23)16(14-15-7-4-3-5-8-15)22-19(24)17-9-6-13-25-17;/h3-9,13,16,20H,2,10-12,14H2,1H3,(H,21,23)(H,22,24);1H. The largest absolute Gasteiger partial charge is 0.459 e. The van der Waals surface area contributed by atoms with Crippen molar-refractivity contribution < 1.29 is 14.0 Å². The highest BCUT2D eigenvalue weighted by atomic mass is 35.5. The van der Waals surface area contributed by atoms with E-state index in [1.165, 1.54) is 6.26 Å². The number of rotatable bonds is 10. The molecule has 0 saturated carbocycles. The molecular formula is C19H26ClN3O3. The monoisotopic (exact) mass is 379 g/mol. The first-order valence-corrected chi connectivity index (χ1v) is 8.57. The number of carbonyl (C=O) groups is 2. The van der Waals surface area contributed by atoms with Gasteiger partial charge in [-0.15, -0.1) is 12.4 Å². The highest BCUT2D eigenvalue weighted by Gasteiger charge is 2.22. The SMILES string of the molecule is CCCNCCNC(=O)C(Cc1ccccc1)NC(=O)c1ccco1.Cl. The Hall–Kier alpha value is -2.31. The summed E-state index contributed by atoms with van der Waals surface area (Å²) >= 11 is 0. The van der Waals surface area contributed by atoms with Crippen molar-refractivity contribution in [2.45, 2.75) is 25.8 Å². The van der Waals surface area contributed by atoms with Crippen LogP contribution in [0, 0.1) is 0 Å². The highest BCUT2D eigenvalue weighted by Crippen LogP contribution is 2.06. The van der Waals surface area contributed by atoms with Gasteiger partial charge in [0, 0.05) is 19.5 Å². The van der Waals surface area contributed by atoms with Gasteiger partial charge < -0.3 is 20.4 Å². The van der Waals surface area contributed by atoms with Gasteiger partial charge in [-0.25, -0.2) is 0 Å². The predicted molar refractivity (Wildman–Crippen MR) is 104 cm³/mol. The van der Waals surface area contributed by atoms with Crippen LogP contribution in [0.1, 0.15) is 29.5 Å². The van der Waals surface area contributed by atoms with Crippen LogP contribution >= 0.6 is 12.4 Å². The predicted octanol–water partition coefficient (Wildman–Crippen LogP) is 2.16. The lowest BCUT2D eigenvalue weighted by atomic mass is 10.1. The van der Waals surface area contributed by atoms with Crippen LogP contribution in [-0.4, -0.2) is 37.5 Å². The Labute approximate surface area is 160 Å². The van der Waals surface area contributed by atoms with Crippen LogP contribution in [0.15, 0.2) is 53.1 Å². The molecule has 7 heteroatoms. The number of amides is 2. The summed E-state index contributed by atoms with van der Waals surface area (Å²) in [6.45, 7) is 4.22. The van der Waals surface area contributed by atoms with E-state index < -0.39 is 11.9 Å². The molecule has 0 aliphatic carbocycles. The summed E-state index contributed by atoms with van der Waals surface area (Å²) in [5.74, 6) is -0.414. The second kappa shape index (κ2) is 12.1. The van der Waals surface area contributed by atoms with Gasteiger partial charge in [-0.2, -0.15) is 0 Å². The molecule has 1 heterocycles. The van der Waals surface area contributed by atoms with Gasteiger partial charge in [0.15, 0.2) is 5.76 Å². The van der Waals surface area contributed by atoms with Gasteiger partial charge in [-0.3, -0.25) is 9.59 Å². The van der Waals surface area contributed by atoms with Crippen LogP contribution in [0.4, 0.5) is 0 Å². The molecule has 2 amide bonds. The van der Waals surface area contributed by atoms with E-state index in [1.807, 2.05) is 30.3 Å².